The standard InChI is InChI=1S/C20H27FN2O5Si/c1-13(2)10-17(19(25)26)23-18(24)15-11-14(21)6-7-16(15)22(20(23)27)12-28-8-9-29(3,4)5/h6-7,11,17H,1,8-10,12H2,2-5H3,(H,25,26). The summed E-state index contributed by atoms with van der Waals surface area (Å²) in [5, 5.41) is 9.52. The lowest BCUT2D eigenvalue weighted by molar-refractivity contribution is -0.141. The second kappa shape index (κ2) is 8.87. The van der Waals surface area contributed by atoms with Crippen molar-refractivity contribution in [2.45, 2.75) is 51.8 Å². The molecule has 1 atom stereocenters. The van der Waals surface area contributed by atoms with E-state index in [2.05, 4.69) is 26.2 Å². The molecule has 1 aromatic carbocycles. The number of aliphatic carboxylic acids is 1. The van der Waals surface area contributed by atoms with Crippen LogP contribution < -0.4 is 11.2 Å². The average molecular weight is 423 g/mol. The maximum Gasteiger partial charge on any atom is 0.334 e. The number of fused-ring (bicyclic) bond motifs is 1. The predicted molar refractivity (Wildman–Crippen MR) is 113 cm³/mol. The molecule has 0 aliphatic carbocycles. The topological polar surface area (TPSA) is 90.5 Å². The third-order valence-corrected chi connectivity index (χ3v) is 6.20. The van der Waals surface area contributed by atoms with Gasteiger partial charge in [0.1, 0.15) is 18.6 Å². The van der Waals surface area contributed by atoms with Crippen LogP contribution in [-0.2, 0) is 16.3 Å². The molecule has 1 unspecified atom stereocenters. The van der Waals surface area contributed by atoms with Gasteiger partial charge in [-0.3, -0.25) is 9.36 Å². The number of rotatable bonds is 9. The van der Waals surface area contributed by atoms with E-state index >= 15 is 0 Å². The first kappa shape index (κ1) is 22.8. The molecule has 2 aromatic rings. The number of hydrogen-bond acceptors (Lipinski definition) is 4. The highest BCUT2D eigenvalue weighted by molar-refractivity contribution is 6.76. The first-order chi connectivity index (χ1) is 13.4. The SMILES string of the molecule is C=C(C)CC(C(=O)O)n1c(=O)c2cc(F)ccc2n(COCC[Si](C)(C)C)c1=O. The Balaban J connectivity index is 2.63. The van der Waals surface area contributed by atoms with Gasteiger partial charge in [-0.05, 0) is 37.6 Å². The molecule has 9 heteroatoms. The van der Waals surface area contributed by atoms with E-state index in [0.29, 0.717) is 16.7 Å². The van der Waals surface area contributed by atoms with Crippen molar-refractivity contribution in [3.8, 4) is 0 Å². The summed E-state index contributed by atoms with van der Waals surface area (Å²) in [6.45, 7) is 12.1. The number of allylic oxidation sites excluding steroid dienone is 1. The van der Waals surface area contributed by atoms with Crippen LogP contribution in [-0.4, -0.2) is 34.9 Å². The van der Waals surface area contributed by atoms with E-state index in [1.165, 1.54) is 10.6 Å². The van der Waals surface area contributed by atoms with Gasteiger partial charge in [0, 0.05) is 14.7 Å². The van der Waals surface area contributed by atoms with E-state index in [1.54, 1.807) is 6.92 Å². The fraction of sp³-hybridized carbons (Fsp3) is 0.450. The lowest BCUT2D eigenvalue weighted by Gasteiger charge is -2.20. The van der Waals surface area contributed by atoms with Crippen molar-refractivity contribution >= 4 is 24.9 Å². The molecule has 2 rings (SSSR count). The van der Waals surface area contributed by atoms with Crippen molar-refractivity contribution in [3.63, 3.8) is 0 Å². The third kappa shape index (κ3) is 5.51. The Hall–Kier alpha value is -2.52. The molecule has 0 saturated heterocycles. The Morgan fingerprint density at radius 3 is 2.52 bits per heavy atom. The van der Waals surface area contributed by atoms with Gasteiger partial charge in [-0.15, -0.1) is 6.58 Å². The number of carboxylic acids is 1. The van der Waals surface area contributed by atoms with Crippen molar-refractivity contribution in [2.24, 2.45) is 0 Å². The highest BCUT2D eigenvalue weighted by atomic mass is 28.3. The van der Waals surface area contributed by atoms with Crippen molar-refractivity contribution < 1.29 is 19.0 Å². The van der Waals surface area contributed by atoms with Crippen molar-refractivity contribution in [1.29, 1.82) is 0 Å². The normalized spacial score (nSPS) is 12.9. The molecule has 29 heavy (non-hydrogen) atoms. The van der Waals surface area contributed by atoms with E-state index in [9.17, 15) is 23.9 Å². The molecule has 158 valence electrons. The van der Waals surface area contributed by atoms with E-state index in [0.717, 1.165) is 18.2 Å². The first-order valence-corrected chi connectivity index (χ1v) is 13.0. The Bertz CT molecular complexity index is 1050. The number of halogens is 1. The molecule has 0 radical (unpaired) electrons. The van der Waals surface area contributed by atoms with E-state index in [-0.39, 0.29) is 24.1 Å². The van der Waals surface area contributed by atoms with Crippen molar-refractivity contribution in [1.82, 2.24) is 9.13 Å². The lowest BCUT2D eigenvalue weighted by Crippen LogP contribution is -2.45. The van der Waals surface area contributed by atoms with Crippen LogP contribution in [0.3, 0.4) is 0 Å². The first-order valence-electron chi connectivity index (χ1n) is 9.32. The van der Waals surface area contributed by atoms with Crippen LogP contribution in [0.2, 0.25) is 25.7 Å². The number of carboxylic acid groups (broad SMARTS) is 1. The number of hydrogen-bond donors (Lipinski definition) is 1. The molecular weight excluding hydrogens is 395 g/mol. The lowest BCUT2D eigenvalue weighted by atomic mass is 10.1. The molecule has 0 fully saturated rings. The molecule has 0 aliphatic rings. The minimum Gasteiger partial charge on any atom is -0.480 e. The quantitative estimate of drug-likeness (QED) is 0.381. The fourth-order valence-corrected chi connectivity index (χ4v) is 3.67. The smallest absolute Gasteiger partial charge is 0.334 e. The highest BCUT2D eigenvalue weighted by Crippen LogP contribution is 2.17. The van der Waals surface area contributed by atoms with Crippen LogP contribution >= 0.6 is 0 Å². The van der Waals surface area contributed by atoms with E-state index < -0.39 is 37.2 Å². The van der Waals surface area contributed by atoms with Crippen LogP contribution in [0, 0.1) is 5.82 Å². The van der Waals surface area contributed by atoms with Crippen LogP contribution in [0.1, 0.15) is 19.4 Å². The zero-order valence-corrected chi connectivity index (χ0v) is 18.2. The summed E-state index contributed by atoms with van der Waals surface area (Å²) in [6, 6.07) is 2.92. The van der Waals surface area contributed by atoms with Crippen molar-refractivity contribution in [2.75, 3.05) is 6.61 Å². The van der Waals surface area contributed by atoms with Gasteiger partial charge in [0.2, 0.25) is 0 Å². The summed E-state index contributed by atoms with van der Waals surface area (Å²) in [5.41, 5.74) is -0.960. The number of ether oxygens (including phenoxy) is 1. The van der Waals surface area contributed by atoms with E-state index in [1.807, 2.05) is 0 Å². The maximum absolute atomic E-state index is 13.8. The minimum atomic E-state index is -1.44. The molecule has 1 heterocycles. The zero-order valence-electron chi connectivity index (χ0n) is 17.2. The van der Waals surface area contributed by atoms with Gasteiger partial charge in [-0.1, -0.05) is 25.2 Å². The summed E-state index contributed by atoms with van der Waals surface area (Å²) in [5.74, 6) is -1.99. The molecule has 1 aromatic heterocycles. The third-order valence-electron chi connectivity index (χ3n) is 4.49. The Labute approximate surface area is 169 Å². The molecule has 0 bridgehead atoms. The van der Waals surface area contributed by atoms with Gasteiger partial charge in [0.15, 0.2) is 0 Å². The van der Waals surface area contributed by atoms with Gasteiger partial charge in [0.25, 0.3) is 5.56 Å². The number of aromatic nitrogens is 2. The molecular formula is C20H27FN2O5Si. The predicted octanol–water partition coefficient (Wildman–Crippen LogP) is 3.21. The summed E-state index contributed by atoms with van der Waals surface area (Å²) >= 11 is 0. The molecule has 1 N–H and O–H groups in total. The monoisotopic (exact) mass is 422 g/mol. The van der Waals surface area contributed by atoms with Gasteiger partial charge < -0.3 is 9.84 Å². The highest BCUT2D eigenvalue weighted by Gasteiger charge is 2.26. The summed E-state index contributed by atoms with van der Waals surface area (Å²) in [4.78, 5) is 37.7. The molecule has 7 nitrogen and oxygen atoms in total. The van der Waals surface area contributed by atoms with Gasteiger partial charge in [0.05, 0.1) is 10.9 Å². The second-order valence-electron chi connectivity index (χ2n) is 8.41. The Morgan fingerprint density at radius 2 is 1.97 bits per heavy atom. The van der Waals surface area contributed by atoms with Crippen LogP contribution in [0.25, 0.3) is 10.9 Å². The van der Waals surface area contributed by atoms with Crippen molar-refractivity contribution in [3.05, 3.63) is 57.0 Å². The molecule has 0 saturated carbocycles. The van der Waals surface area contributed by atoms with Crippen LogP contribution in [0.5, 0.6) is 0 Å². The molecule has 0 aliphatic heterocycles. The molecule has 0 amide bonds. The zero-order chi connectivity index (χ0) is 21.9. The second-order valence-corrected chi connectivity index (χ2v) is 14.0. The maximum atomic E-state index is 13.8. The summed E-state index contributed by atoms with van der Waals surface area (Å²) in [6.07, 6.45) is -0.0955. The Kier molecular flexibility index (Phi) is 6.96. The van der Waals surface area contributed by atoms with Gasteiger partial charge >= 0.3 is 11.7 Å². The number of nitrogens with zero attached hydrogens (tertiary/aromatic N) is 2. The summed E-state index contributed by atoms with van der Waals surface area (Å²) < 4.78 is 21.3. The Morgan fingerprint density at radius 1 is 1.31 bits per heavy atom. The minimum absolute atomic E-state index is 0.0774. The number of benzene rings is 1. The molecule has 0 spiro atoms. The van der Waals surface area contributed by atoms with Gasteiger partial charge in [-0.25, -0.2) is 18.5 Å². The fourth-order valence-electron chi connectivity index (χ4n) is 2.92. The average Bonchev–Trinajstić information content (AvgIpc) is 2.59. The summed E-state index contributed by atoms with van der Waals surface area (Å²) in [7, 11) is -1.35. The van der Waals surface area contributed by atoms with Gasteiger partial charge in [-0.2, -0.15) is 0 Å². The van der Waals surface area contributed by atoms with Crippen LogP contribution in [0.4, 0.5) is 4.39 Å². The van der Waals surface area contributed by atoms with Crippen LogP contribution in [0.15, 0.2) is 39.9 Å². The van der Waals surface area contributed by atoms with E-state index in [4.69, 9.17) is 4.74 Å². The largest absolute Gasteiger partial charge is 0.480 e. The number of carbonyl (C=O) groups is 1.